The van der Waals surface area contributed by atoms with Crippen LogP contribution in [0.15, 0.2) is 24.3 Å². The molecule has 0 atom stereocenters. The lowest BCUT2D eigenvalue weighted by molar-refractivity contribution is 0.0697. The highest BCUT2D eigenvalue weighted by atomic mass is 16.4. The van der Waals surface area contributed by atoms with Crippen LogP contribution in [0.1, 0.15) is 52.8 Å². The molecular weight excluding hydrogens is 216 g/mol. The lowest BCUT2D eigenvalue weighted by atomic mass is 9.83. The molecule has 17 heavy (non-hydrogen) atoms. The number of hydrogen-bond acceptors (Lipinski definition) is 2. The summed E-state index contributed by atoms with van der Waals surface area (Å²) in [6, 6.07) is 6.35. The second-order valence-corrected chi connectivity index (χ2v) is 4.59. The van der Waals surface area contributed by atoms with E-state index in [0.29, 0.717) is 5.56 Å². The van der Waals surface area contributed by atoms with Crippen molar-refractivity contribution in [2.24, 2.45) is 5.92 Å². The maximum atomic E-state index is 12.2. The molecule has 3 nitrogen and oxygen atoms in total. The van der Waals surface area contributed by atoms with E-state index < -0.39 is 5.97 Å². The lowest BCUT2D eigenvalue weighted by Crippen LogP contribution is -2.18. The van der Waals surface area contributed by atoms with Gasteiger partial charge in [0.05, 0.1) is 5.56 Å². The van der Waals surface area contributed by atoms with E-state index in [-0.39, 0.29) is 17.3 Å². The number of carboxylic acids is 1. The molecule has 0 amide bonds. The maximum absolute atomic E-state index is 12.2. The molecule has 1 aromatic rings. The molecule has 1 N–H and O–H groups in total. The van der Waals surface area contributed by atoms with Gasteiger partial charge >= 0.3 is 5.97 Å². The van der Waals surface area contributed by atoms with Crippen LogP contribution in [-0.2, 0) is 0 Å². The second-order valence-electron chi connectivity index (χ2n) is 4.59. The third-order valence-electron chi connectivity index (χ3n) is 3.37. The van der Waals surface area contributed by atoms with Crippen LogP contribution in [0, 0.1) is 5.92 Å². The Hall–Kier alpha value is -1.64. The first-order valence-corrected chi connectivity index (χ1v) is 6.06. The number of carboxylic acid groups (broad SMARTS) is 1. The van der Waals surface area contributed by atoms with Gasteiger partial charge in [-0.05, 0) is 25.0 Å². The Morgan fingerprint density at radius 3 is 2.35 bits per heavy atom. The average Bonchev–Trinajstić information content (AvgIpc) is 2.39. The van der Waals surface area contributed by atoms with Crippen LogP contribution in [-0.4, -0.2) is 16.9 Å². The highest BCUT2D eigenvalue weighted by Gasteiger charge is 2.22. The van der Waals surface area contributed by atoms with Crippen LogP contribution in [0.4, 0.5) is 0 Å². The first-order chi connectivity index (χ1) is 8.18. The van der Waals surface area contributed by atoms with Crippen molar-refractivity contribution < 1.29 is 14.7 Å². The van der Waals surface area contributed by atoms with Crippen LogP contribution in [0.3, 0.4) is 0 Å². The highest BCUT2D eigenvalue weighted by molar-refractivity contribution is 6.00. The van der Waals surface area contributed by atoms with Gasteiger partial charge in [0, 0.05) is 11.5 Å². The van der Waals surface area contributed by atoms with Crippen molar-refractivity contribution in [1.29, 1.82) is 0 Å². The van der Waals surface area contributed by atoms with Gasteiger partial charge < -0.3 is 5.11 Å². The molecule has 0 heterocycles. The fourth-order valence-corrected chi connectivity index (χ4v) is 2.41. The molecule has 1 saturated carbocycles. The van der Waals surface area contributed by atoms with Crippen molar-refractivity contribution in [3.63, 3.8) is 0 Å². The fraction of sp³-hybridized carbons (Fsp3) is 0.429. The maximum Gasteiger partial charge on any atom is 0.335 e. The van der Waals surface area contributed by atoms with Gasteiger partial charge in [0.15, 0.2) is 5.78 Å². The molecule has 2 rings (SSSR count). The van der Waals surface area contributed by atoms with Crippen LogP contribution < -0.4 is 0 Å². The SMILES string of the molecule is O=C(O)c1cccc(C(=O)C2CCCCC2)c1. The summed E-state index contributed by atoms with van der Waals surface area (Å²) in [5, 5.41) is 8.89. The summed E-state index contributed by atoms with van der Waals surface area (Å²) < 4.78 is 0. The van der Waals surface area contributed by atoms with Crippen molar-refractivity contribution in [2.75, 3.05) is 0 Å². The minimum absolute atomic E-state index is 0.0906. The molecule has 1 fully saturated rings. The van der Waals surface area contributed by atoms with Crippen LogP contribution in [0.5, 0.6) is 0 Å². The van der Waals surface area contributed by atoms with Gasteiger partial charge in [-0.25, -0.2) is 4.79 Å². The van der Waals surface area contributed by atoms with Crippen molar-refractivity contribution in [3.8, 4) is 0 Å². The van der Waals surface area contributed by atoms with Crippen molar-refractivity contribution in [3.05, 3.63) is 35.4 Å². The Morgan fingerprint density at radius 1 is 1.06 bits per heavy atom. The van der Waals surface area contributed by atoms with Crippen molar-refractivity contribution in [2.45, 2.75) is 32.1 Å². The minimum Gasteiger partial charge on any atom is -0.478 e. The molecule has 0 aromatic heterocycles. The number of aromatic carboxylic acids is 1. The van der Waals surface area contributed by atoms with E-state index in [9.17, 15) is 9.59 Å². The number of rotatable bonds is 3. The average molecular weight is 232 g/mol. The first-order valence-electron chi connectivity index (χ1n) is 6.06. The van der Waals surface area contributed by atoms with E-state index in [1.54, 1.807) is 12.1 Å². The number of Topliss-reactive ketones (excluding diaryl/α,β-unsaturated/α-hetero) is 1. The molecule has 0 radical (unpaired) electrons. The minimum atomic E-state index is -0.983. The van der Waals surface area contributed by atoms with Crippen molar-refractivity contribution in [1.82, 2.24) is 0 Å². The van der Waals surface area contributed by atoms with Gasteiger partial charge in [0.25, 0.3) is 0 Å². The van der Waals surface area contributed by atoms with Crippen molar-refractivity contribution >= 4 is 11.8 Å². The predicted octanol–water partition coefficient (Wildman–Crippen LogP) is 3.15. The van der Waals surface area contributed by atoms with Gasteiger partial charge in [-0.15, -0.1) is 0 Å². The van der Waals surface area contributed by atoms with E-state index in [1.165, 1.54) is 18.6 Å². The summed E-state index contributed by atoms with van der Waals surface area (Å²) >= 11 is 0. The number of benzene rings is 1. The van der Waals surface area contributed by atoms with E-state index >= 15 is 0 Å². The van der Waals surface area contributed by atoms with E-state index in [4.69, 9.17) is 5.11 Å². The zero-order valence-corrected chi connectivity index (χ0v) is 9.69. The van der Waals surface area contributed by atoms with Gasteiger partial charge in [0.2, 0.25) is 0 Å². The van der Waals surface area contributed by atoms with Gasteiger partial charge in [0.1, 0.15) is 0 Å². The Labute approximate surface area is 100 Å². The summed E-state index contributed by atoms with van der Waals surface area (Å²) in [5.41, 5.74) is 0.725. The van der Waals surface area contributed by atoms with E-state index in [1.807, 2.05) is 0 Å². The number of ketones is 1. The molecule has 0 spiro atoms. The molecular formula is C14H16O3. The third kappa shape index (κ3) is 2.73. The summed E-state index contributed by atoms with van der Waals surface area (Å²) in [6.07, 6.45) is 5.30. The molecule has 3 heteroatoms. The fourth-order valence-electron chi connectivity index (χ4n) is 2.41. The quantitative estimate of drug-likeness (QED) is 0.814. The highest BCUT2D eigenvalue weighted by Crippen LogP contribution is 2.27. The second kappa shape index (κ2) is 5.13. The largest absolute Gasteiger partial charge is 0.478 e. The van der Waals surface area contributed by atoms with Crippen LogP contribution >= 0.6 is 0 Å². The van der Waals surface area contributed by atoms with E-state index in [0.717, 1.165) is 25.7 Å². The van der Waals surface area contributed by atoms with Crippen LogP contribution in [0.25, 0.3) is 0 Å². The smallest absolute Gasteiger partial charge is 0.335 e. The van der Waals surface area contributed by atoms with Gasteiger partial charge in [-0.1, -0.05) is 31.4 Å². The molecule has 1 aliphatic rings. The Kier molecular flexibility index (Phi) is 3.57. The Morgan fingerprint density at radius 2 is 1.71 bits per heavy atom. The van der Waals surface area contributed by atoms with Gasteiger partial charge in [-0.2, -0.15) is 0 Å². The lowest BCUT2D eigenvalue weighted by Gasteiger charge is -2.20. The zero-order valence-electron chi connectivity index (χ0n) is 9.69. The third-order valence-corrected chi connectivity index (χ3v) is 3.37. The molecule has 0 unspecified atom stereocenters. The van der Waals surface area contributed by atoms with Crippen LogP contribution in [0.2, 0.25) is 0 Å². The normalized spacial score (nSPS) is 16.7. The molecule has 90 valence electrons. The molecule has 1 aromatic carbocycles. The first kappa shape index (κ1) is 11.8. The topological polar surface area (TPSA) is 54.4 Å². The summed E-state index contributed by atoms with van der Waals surface area (Å²) in [6.45, 7) is 0. The molecule has 1 aliphatic carbocycles. The summed E-state index contributed by atoms with van der Waals surface area (Å²) in [7, 11) is 0. The summed E-state index contributed by atoms with van der Waals surface area (Å²) in [5.74, 6) is -0.788. The Balaban J connectivity index is 2.18. The molecule has 0 aliphatic heterocycles. The molecule has 0 saturated heterocycles. The number of hydrogen-bond donors (Lipinski definition) is 1. The zero-order chi connectivity index (χ0) is 12.3. The number of carbonyl (C=O) groups is 2. The number of carbonyl (C=O) groups excluding carboxylic acids is 1. The molecule has 0 bridgehead atoms. The summed E-state index contributed by atoms with van der Waals surface area (Å²) in [4.78, 5) is 23.0. The Bertz CT molecular complexity index is 431. The van der Waals surface area contributed by atoms with Gasteiger partial charge in [-0.3, -0.25) is 4.79 Å². The predicted molar refractivity (Wildman–Crippen MR) is 64.3 cm³/mol. The standard InChI is InChI=1S/C14H16O3/c15-13(10-5-2-1-3-6-10)11-7-4-8-12(9-11)14(16)17/h4,7-10H,1-3,5-6H2,(H,16,17). The monoisotopic (exact) mass is 232 g/mol. The van der Waals surface area contributed by atoms with E-state index in [2.05, 4.69) is 0 Å².